The predicted molar refractivity (Wildman–Crippen MR) is 79.6 cm³/mol. The van der Waals surface area contributed by atoms with Crippen LogP contribution >= 0.6 is 0 Å². The molecule has 118 valence electrons. The van der Waals surface area contributed by atoms with Gasteiger partial charge < -0.3 is 10.1 Å². The number of para-hydroxylation sites is 1. The van der Waals surface area contributed by atoms with Crippen LogP contribution in [0.1, 0.15) is 24.8 Å². The number of ether oxygens (including phenoxy) is 1. The van der Waals surface area contributed by atoms with Crippen LogP contribution in [0.3, 0.4) is 0 Å². The Hall–Kier alpha value is -1.20. The van der Waals surface area contributed by atoms with Crippen LogP contribution in [0.4, 0.5) is 8.78 Å². The molecule has 0 amide bonds. The molecule has 21 heavy (non-hydrogen) atoms. The number of piperidine rings is 1. The minimum absolute atomic E-state index is 0.296. The van der Waals surface area contributed by atoms with E-state index in [1.807, 2.05) is 19.2 Å². The second kappa shape index (κ2) is 8.29. The number of benzene rings is 1. The molecule has 1 fully saturated rings. The van der Waals surface area contributed by atoms with Crippen molar-refractivity contribution in [1.29, 1.82) is 0 Å². The molecule has 1 aliphatic rings. The maximum absolute atomic E-state index is 12.4. The van der Waals surface area contributed by atoms with E-state index in [1.165, 1.54) is 19.3 Å². The number of likely N-dealkylation sites (tertiary alicyclic amines) is 1. The molecule has 1 aliphatic heterocycles. The molecule has 1 saturated heterocycles. The molecule has 2 rings (SSSR count). The van der Waals surface area contributed by atoms with E-state index in [-0.39, 0.29) is 0 Å². The summed E-state index contributed by atoms with van der Waals surface area (Å²) in [6, 6.07) is 7.07. The third kappa shape index (κ3) is 5.25. The smallest absolute Gasteiger partial charge is 0.387 e. The van der Waals surface area contributed by atoms with E-state index < -0.39 is 6.61 Å². The van der Waals surface area contributed by atoms with Crippen LogP contribution in [0.2, 0.25) is 0 Å². The van der Waals surface area contributed by atoms with Crippen LogP contribution in [0.5, 0.6) is 5.75 Å². The average Bonchev–Trinajstić information content (AvgIpc) is 2.48. The van der Waals surface area contributed by atoms with E-state index in [4.69, 9.17) is 0 Å². The average molecular weight is 298 g/mol. The fourth-order valence-electron chi connectivity index (χ4n) is 2.87. The molecule has 0 saturated carbocycles. The first-order chi connectivity index (χ1) is 10.2. The number of hydrogen-bond acceptors (Lipinski definition) is 3. The molecule has 0 aliphatic carbocycles. The van der Waals surface area contributed by atoms with Crippen molar-refractivity contribution in [1.82, 2.24) is 10.2 Å². The van der Waals surface area contributed by atoms with E-state index in [0.717, 1.165) is 31.1 Å². The van der Waals surface area contributed by atoms with Crippen molar-refractivity contribution in [2.75, 3.05) is 26.7 Å². The van der Waals surface area contributed by atoms with E-state index >= 15 is 0 Å². The zero-order chi connectivity index (χ0) is 15.1. The Bertz CT molecular complexity index is 420. The van der Waals surface area contributed by atoms with Gasteiger partial charge in [-0.3, -0.25) is 4.90 Å². The van der Waals surface area contributed by atoms with Crippen molar-refractivity contribution < 1.29 is 13.5 Å². The lowest BCUT2D eigenvalue weighted by Gasteiger charge is -2.32. The summed E-state index contributed by atoms with van der Waals surface area (Å²) in [5.41, 5.74) is 0.839. The van der Waals surface area contributed by atoms with Crippen LogP contribution in [0.15, 0.2) is 24.3 Å². The Morgan fingerprint density at radius 2 is 2.00 bits per heavy atom. The zero-order valence-corrected chi connectivity index (χ0v) is 12.5. The topological polar surface area (TPSA) is 24.5 Å². The highest BCUT2D eigenvalue weighted by atomic mass is 19.3. The van der Waals surface area contributed by atoms with Crippen molar-refractivity contribution in [3.05, 3.63) is 29.8 Å². The quantitative estimate of drug-likeness (QED) is 0.837. The molecule has 0 aromatic heterocycles. The highest BCUT2D eigenvalue weighted by Crippen LogP contribution is 2.25. The molecule has 1 aromatic carbocycles. The molecular weight excluding hydrogens is 274 g/mol. The normalized spacial score (nSPS) is 17.3. The second-order valence-electron chi connectivity index (χ2n) is 5.60. The van der Waals surface area contributed by atoms with Crippen molar-refractivity contribution >= 4 is 0 Å². The van der Waals surface area contributed by atoms with Gasteiger partial charge in [0.05, 0.1) is 0 Å². The Kier molecular flexibility index (Phi) is 6.39. The van der Waals surface area contributed by atoms with Gasteiger partial charge in [0, 0.05) is 12.1 Å². The molecule has 1 aromatic rings. The molecular formula is C16H24F2N2O. The first kappa shape index (κ1) is 16.2. The first-order valence-electron chi connectivity index (χ1n) is 7.58. The highest BCUT2D eigenvalue weighted by Gasteiger charge is 2.20. The van der Waals surface area contributed by atoms with Gasteiger partial charge in [-0.1, -0.05) is 18.2 Å². The van der Waals surface area contributed by atoms with Crippen molar-refractivity contribution in [2.45, 2.75) is 32.4 Å². The number of nitrogens with one attached hydrogen (secondary N) is 1. The van der Waals surface area contributed by atoms with Crippen LogP contribution in [-0.2, 0) is 6.54 Å². The van der Waals surface area contributed by atoms with Crippen molar-refractivity contribution in [2.24, 2.45) is 5.92 Å². The second-order valence-corrected chi connectivity index (χ2v) is 5.60. The maximum atomic E-state index is 12.4. The van der Waals surface area contributed by atoms with Crippen LogP contribution in [0, 0.1) is 5.92 Å². The van der Waals surface area contributed by atoms with Crippen LogP contribution < -0.4 is 10.1 Å². The predicted octanol–water partition coefficient (Wildman–Crippen LogP) is 3.11. The Morgan fingerprint density at radius 3 is 2.67 bits per heavy atom. The fourth-order valence-corrected chi connectivity index (χ4v) is 2.87. The molecule has 3 nitrogen and oxygen atoms in total. The minimum atomic E-state index is -2.77. The van der Waals surface area contributed by atoms with Crippen molar-refractivity contribution in [3.8, 4) is 5.75 Å². The molecule has 0 bridgehead atoms. The number of nitrogens with zero attached hydrogens (tertiary/aromatic N) is 1. The summed E-state index contributed by atoms with van der Waals surface area (Å²) >= 11 is 0. The van der Waals surface area contributed by atoms with E-state index in [9.17, 15) is 8.78 Å². The monoisotopic (exact) mass is 298 g/mol. The van der Waals surface area contributed by atoms with E-state index in [2.05, 4.69) is 15.0 Å². The van der Waals surface area contributed by atoms with Crippen LogP contribution in [0.25, 0.3) is 0 Å². The maximum Gasteiger partial charge on any atom is 0.387 e. The van der Waals surface area contributed by atoms with Crippen molar-refractivity contribution in [3.63, 3.8) is 0 Å². The number of halogens is 2. The number of alkyl halides is 2. The molecule has 0 radical (unpaired) electrons. The summed E-state index contributed by atoms with van der Waals surface area (Å²) in [4.78, 5) is 2.32. The zero-order valence-electron chi connectivity index (χ0n) is 12.5. The molecule has 5 heteroatoms. The number of rotatable bonds is 7. The molecule has 0 unspecified atom stereocenters. The summed E-state index contributed by atoms with van der Waals surface area (Å²) in [6.07, 6.45) is 3.58. The summed E-state index contributed by atoms with van der Waals surface area (Å²) in [5, 5.41) is 3.19. The van der Waals surface area contributed by atoms with Gasteiger partial charge in [-0.2, -0.15) is 8.78 Å². The first-order valence-corrected chi connectivity index (χ1v) is 7.58. The molecule has 1 N–H and O–H groups in total. The van der Waals surface area contributed by atoms with Gasteiger partial charge in [-0.25, -0.2) is 0 Å². The largest absolute Gasteiger partial charge is 0.434 e. The summed E-state index contributed by atoms with van der Waals surface area (Å²) in [5.74, 6) is 1.08. The Balaban J connectivity index is 1.86. The van der Waals surface area contributed by atoms with Gasteiger partial charge in [0.1, 0.15) is 5.75 Å². The van der Waals surface area contributed by atoms with Gasteiger partial charge in [0.2, 0.25) is 0 Å². The van der Waals surface area contributed by atoms with Crippen LogP contribution in [-0.4, -0.2) is 38.2 Å². The highest BCUT2D eigenvalue weighted by molar-refractivity contribution is 5.33. The van der Waals surface area contributed by atoms with Gasteiger partial charge in [0.25, 0.3) is 0 Å². The standard InChI is InChI=1S/C16H24F2N2O/c1-19-9-6-13-7-10-20(11-8-13)12-14-4-2-3-5-15(14)21-16(17)18/h2-5,13,16,19H,6-12H2,1H3. The fraction of sp³-hybridized carbons (Fsp3) is 0.625. The Morgan fingerprint density at radius 1 is 1.29 bits per heavy atom. The Labute approximate surface area is 125 Å². The van der Waals surface area contributed by atoms with E-state index in [1.54, 1.807) is 12.1 Å². The summed E-state index contributed by atoms with van der Waals surface area (Å²) < 4.78 is 29.4. The summed E-state index contributed by atoms with van der Waals surface area (Å²) in [7, 11) is 1.98. The lowest BCUT2D eigenvalue weighted by molar-refractivity contribution is -0.0508. The molecule has 0 atom stereocenters. The third-order valence-corrected chi connectivity index (χ3v) is 4.09. The van der Waals surface area contributed by atoms with Gasteiger partial charge in [-0.15, -0.1) is 0 Å². The summed E-state index contributed by atoms with van der Waals surface area (Å²) in [6.45, 7) is 1.03. The van der Waals surface area contributed by atoms with Gasteiger partial charge in [0.15, 0.2) is 0 Å². The lowest BCUT2D eigenvalue weighted by Crippen LogP contribution is -2.34. The minimum Gasteiger partial charge on any atom is -0.434 e. The molecule has 1 heterocycles. The SMILES string of the molecule is CNCCC1CCN(Cc2ccccc2OC(F)F)CC1. The lowest BCUT2D eigenvalue weighted by atomic mass is 9.93. The third-order valence-electron chi connectivity index (χ3n) is 4.09. The van der Waals surface area contributed by atoms with E-state index in [0.29, 0.717) is 12.3 Å². The number of hydrogen-bond donors (Lipinski definition) is 1. The molecule has 0 spiro atoms. The van der Waals surface area contributed by atoms with Gasteiger partial charge in [-0.05, 0) is 57.9 Å². The van der Waals surface area contributed by atoms with Gasteiger partial charge >= 0.3 is 6.61 Å².